The highest BCUT2D eigenvalue weighted by Crippen LogP contribution is 2.44. The maximum atomic E-state index is 14.3. The Morgan fingerprint density at radius 3 is 1.14 bits per heavy atom. The average Bonchev–Trinajstić information content (AvgIpc) is 4.13. The van der Waals surface area contributed by atoms with Gasteiger partial charge < -0.3 is 9.47 Å². The number of thiophene rings is 2. The Morgan fingerprint density at radius 2 is 0.819 bits per heavy atom. The van der Waals surface area contributed by atoms with Gasteiger partial charge in [-0.05, 0) is 61.8 Å². The molecule has 2 amide bonds. The standard InChI is InChI=1S/C58H88N2O6S6/c1-7-13-17-19-21-23-25-27-29-31-35-59-53(61)49(71-57(59)67)39-45-37-47(55(63)65-41-43(11-5)33-15-9-3)51(69-45)52-48(56(64)66-42-44(12-6)34-16-10-4)38-46(70-52)40-50-54(62)60(58(68)72-50)36-32-30-28-26-24-22-20-18-14-8-2/h37-40,43-44H,7-36,41-42H2,1-6H3/b49-39-,50-40-. The van der Waals surface area contributed by atoms with Crippen molar-refractivity contribution in [3.8, 4) is 9.75 Å². The van der Waals surface area contributed by atoms with Gasteiger partial charge in [-0.3, -0.25) is 19.4 Å². The molecule has 2 aliphatic heterocycles. The number of amides is 2. The first-order valence-corrected chi connectivity index (χ1v) is 32.2. The Labute approximate surface area is 462 Å². The largest absolute Gasteiger partial charge is 0.462 e. The van der Waals surface area contributed by atoms with Crippen LogP contribution in [0.4, 0.5) is 0 Å². The maximum absolute atomic E-state index is 14.3. The third kappa shape index (κ3) is 21.0. The molecule has 2 aliphatic rings. The second-order valence-corrected chi connectivity index (χ2v) is 25.4. The fraction of sp³-hybridized carbons (Fsp3) is 0.690. The van der Waals surface area contributed by atoms with E-state index in [2.05, 4.69) is 41.5 Å². The van der Waals surface area contributed by atoms with Crippen LogP contribution in [-0.2, 0) is 19.1 Å². The average molecular weight is 1100 g/mol. The minimum absolute atomic E-state index is 0.122. The van der Waals surface area contributed by atoms with Crippen LogP contribution in [0.1, 0.15) is 252 Å². The lowest BCUT2D eigenvalue weighted by Gasteiger charge is -2.15. The number of hydrogen-bond acceptors (Lipinski definition) is 12. The summed E-state index contributed by atoms with van der Waals surface area (Å²) in [7, 11) is 0. The quantitative estimate of drug-likeness (QED) is 0.0279. The van der Waals surface area contributed by atoms with Crippen LogP contribution in [0.2, 0.25) is 0 Å². The monoisotopic (exact) mass is 1100 g/mol. The minimum atomic E-state index is -0.475. The summed E-state index contributed by atoms with van der Waals surface area (Å²) in [5.74, 6) is -0.731. The van der Waals surface area contributed by atoms with Gasteiger partial charge in [-0.2, -0.15) is 0 Å². The van der Waals surface area contributed by atoms with Gasteiger partial charge in [-0.25, -0.2) is 9.59 Å². The summed E-state index contributed by atoms with van der Waals surface area (Å²) in [5.41, 5.74) is 0.661. The highest BCUT2D eigenvalue weighted by Gasteiger charge is 2.34. The SMILES string of the molecule is CCCCCCCCCCCCN1C(=O)/C(=C/c2cc(C(=O)OCC(CC)CCCC)c(-c3sc(/C=C4\SC(=S)N(CCCCCCCCCCCC)C4=O)cc3C(=O)OCC(CC)CCCC)s2)SC1=S. The van der Waals surface area contributed by atoms with E-state index >= 15 is 0 Å². The number of ether oxygens (including phenoxy) is 2. The molecule has 4 heterocycles. The van der Waals surface area contributed by atoms with Gasteiger partial charge in [0.2, 0.25) is 0 Å². The minimum Gasteiger partial charge on any atom is -0.462 e. The van der Waals surface area contributed by atoms with Gasteiger partial charge in [0.15, 0.2) is 0 Å². The van der Waals surface area contributed by atoms with Crippen molar-refractivity contribution in [2.24, 2.45) is 11.8 Å². The summed E-state index contributed by atoms with van der Waals surface area (Å²) in [6, 6.07) is 3.57. The molecule has 72 heavy (non-hydrogen) atoms. The molecular formula is C58H88N2O6S6. The lowest BCUT2D eigenvalue weighted by atomic mass is 10.0. The molecule has 2 fully saturated rings. The third-order valence-corrected chi connectivity index (χ3v) is 19.0. The summed E-state index contributed by atoms with van der Waals surface area (Å²) in [4.78, 5) is 63.4. The predicted molar refractivity (Wildman–Crippen MR) is 318 cm³/mol. The molecule has 0 bridgehead atoms. The Balaban J connectivity index is 1.62. The summed E-state index contributed by atoms with van der Waals surface area (Å²) in [6.07, 6.45) is 35.8. The van der Waals surface area contributed by atoms with Crippen molar-refractivity contribution in [3.05, 3.63) is 42.8 Å². The van der Waals surface area contributed by atoms with E-state index in [4.69, 9.17) is 33.9 Å². The Bertz CT molecular complexity index is 1930. The van der Waals surface area contributed by atoms with Crippen LogP contribution in [-0.4, -0.2) is 68.5 Å². The highest BCUT2D eigenvalue weighted by atomic mass is 32.2. The van der Waals surface area contributed by atoms with Gasteiger partial charge in [0.05, 0.1) is 43.9 Å². The first-order chi connectivity index (χ1) is 35.0. The van der Waals surface area contributed by atoms with E-state index in [0.717, 1.165) is 89.9 Å². The second kappa shape index (κ2) is 35.8. The van der Waals surface area contributed by atoms with Gasteiger partial charge in [0, 0.05) is 22.8 Å². The van der Waals surface area contributed by atoms with Crippen molar-refractivity contribution in [1.82, 2.24) is 9.80 Å². The number of nitrogens with zero attached hydrogens (tertiary/aromatic N) is 2. The maximum Gasteiger partial charge on any atom is 0.339 e. The molecule has 14 heteroatoms. The zero-order valence-electron chi connectivity index (χ0n) is 44.9. The lowest BCUT2D eigenvalue weighted by molar-refractivity contribution is -0.123. The first-order valence-electron chi connectivity index (χ1n) is 28.1. The molecule has 2 atom stereocenters. The lowest BCUT2D eigenvalue weighted by Crippen LogP contribution is -2.28. The Hall–Kier alpha value is -2.36. The molecule has 0 radical (unpaired) electrons. The third-order valence-electron chi connectivity index (χ3n) is 13.9. The fourth-order valence-electron chi connectivity index (χ4n) is 9.10. The topological polar surface area (TPSA) is 93.2 Å². The van der Waals surface area contributed by atoms with Gasteiger partial charge in [-0.15, -0.1) is 22.7 Å². The van der Waals surface area contributed by atoms with Crippen LogP contribution in [0, 0.1) is 11.8 Å². The summed E-state index contributed by atoms with van der Waals surface area (Å²) >= 11 is 16.8. The molecule has 402 valence electrons. The van der Waals surface area contributed by atoms with Crippen LogP contribution < -0.4 is 0 Å². The van der Waals surface area contributed by atoms with Crippen molar-refractivity contribution in [2.75, 3.05) is 26.3 Å². The molecule has 2 unspecified atom stereocenters. The molecule has 0 spiro atoms. The number of thioether (sulfide) groups is 2. The van der Waals surface area contributed by atoms with Crippen LogP contribution in [0.15, 0.2) is 21.9 Å². The number of thiocarbonyl (C=S) groups is 2. The van der Waals surface area contributed by atoms with Crippen molar-refractivity contribution < 1.29 is 28.7 Å². The number of hydrogen-bond donors (Lipinski definition) is 0. The van der Waals surface area contributed by atoms with Crippen molar-refractivity contribution in [3.63, 3.8) is 0 Å². The van der Waals surface area contributed by atoms with Crippen molar-refractivity contribution in [1.29, 1.82) is 0 Å². The molecule has 2 saturated heterocycles. The zero-order valence-corrected chi connectivity index (χ0v) is 49.8. The summed E-state index contributed by atoms with van der Waals surface area (Å²) in [6.45, 7) is 14.8. The zero-order chi connectivity index (χ0) is 52.1. The molecule has 4 rings (SSSR count). The van der Waals surface area contributed by atoms with Crippen molar-refractivity contribution >= 4 is 115 Å². The molecule has 0 saturated carbocycles. The van der Waals surface area contributed by atoms with Crippen LogP contribution in [0.25, 0.3) is 21.9 Å². The smallest absolute Gasteiger partial charge is 0.339 e. The molecule has 2 aromatic heterocycles. The number of carbonyl (C=O) groups excluding carboxylic acids is 4. The first kappa shape index (κ1) is 62.2. The summed E-state index contributed by atoms with van der Waals surface area (Å²) < 4.78 is 13.3. The van der Waals surface area contributed by atoms with Gasteiger partial charge in [0.1, 0.15) is 8.64 Å². The molecule has 8 nitrogen and oxygen atoms in total. The molecule has 0 aliphatic carbocycles. The molecule has 0 N–H and O–H groups in total. The molecule has 0 aromatic carbocycles. The predicted octanol–water partition coefficient (Wildman–Crippen LogP) is 18.5. The highest BCUT2D eigenvalue weighted by molar-refractivity contribution is 8.27. The van der Waals surface area contributed by atoms with E-state index in [1.165, 1.54) is 136 Å². The molecule has 2 aromatic rings. The second-order valence-electron chi connectivity index (χ2n) is 19.8. The van der Waals surface area contributed by atoms with Crippen LogP contribution >= 0.6 is 70.6 Å². The number of rotatable bonds is 39. The van der Waals surface area contributed by atoms with Gasteiger partial charge in [0.25, 0.3) is 11.8 Å². The Kier molecular flexibility index (Phi) is 30.9. The fourth-order valence-corrected chi connectivity index (χ4v) is 14.2. The normalized spacial score (nSPS) is 16.0. The Morgan fingerprint density at radius 1 is 0.500 bits per heavy atom. The number of carbonyl (C=O) groups is 4. The van der Waals surface area contributed by atoms with Gasteiger partial charge >= 0.3 is 11.9 Å². The molecular weight excluding hydrogens is 1010 g/mol. The number of esters is 2. The van der Waals surface area contributed by atoms with E-state index < -0.39 is 11.9 Å². The summed E-state index contributed by atoms with van der Waals surface area (Å²) in [5, 5.41) is 0. The van der Waals surface area contributed by atoms with Crippen molar-refractivity contribution in [2.45, 2.75) is 221 Å². The van der Waals surface area contributed by atoms with Crippen LogP contribution in [0.5, 0.6) is 0 Å². The van der Waals surface area contributed by atoms with E-state index in [0.29, 0.717) is 75.4 Å². The van der Waals surface area contributed by atoms with Crippen LogP contribution in [0.3, 0.4) is 0 Å². The van der Waals surface area contributed by atoms with E-state index in [9.17, 15) is 19.2 Å². The number of unbranched alkanes of at least 4 members (excludes halogenated alkanes) is 20. The van der Waals surface area contributed by atoms with E-state index in [1.807, 2.05) is 12.2 Å². The van der Waals surface area contributed by atoms with E-state index in [-0.39, 0.29) is 23.7 Å². The van der Waals surface area contributed by atoms with E-state index in [1.54, 1.807) is 21.9 Å². The van der Waals surface area contributed by atoms with Gasteiger partial charge in [-0.1, -0.05) is 244 Å².